The van der Waals surface area contributed by atoms with Gasteiger partial charge in [-0.05, 0) is 35.9 Å². The number of amides is 2. The number of halogens is 3. The first-order valence-corrected chi connectivity index (χ1v) is 10.1. The summed E-state index contributed by atoms with van der Waals surface area (Å²) < 4.78 is 0. The molecular weight excluding hydrogens is 421 g/mol. The lowest BCUT2D eigenvalue weighted by Gasteiger charge is -2.36. The summed E-state index contributed by atoms with van der Waals surface area (Å²) in [5, 5.41) is 4.22. The minimum absolute atomic E-state index is 0.0360. The van der Waals surface area contributed by atoms with Crippen LogP contribution in [-0.2, 0) is 16.0 Å². The molecule has 1 heterocycles. The van der Waals surface area contributed by atoms with Gasteiger partial charge in [-0.3, -0.25) is 9.59 Å². The number of hydrogen-bond donors (Lipinski definition) is 1. The molecule has 1 saturated heterocycles. The van der Waals surface area contributed by atoms with Gasteiger partial charge < -0.3 is 15.1 Å². The summed E-state index contributed by atoms with van der Waals surface area (Å²) >= 11 is 18.2. The third-order valence-electron chi connectivity index (χ3n) is 4.64. The molecule has 0 aliphatic carbocycles. The molecule has 0 spiro atoms. The van der Waals surface area contributed by atoms with E-state index in [-0.39, 0.29) is 24.8 Å². The molecule has 1 N–H and O–H groups in total. The molecule has 0 radical (unpaired) electrons. The number of piperazine rings is 1. The first-order chi connectivity index (χ1) is 13.4. The highest BCUT2D eigenvalue weighted by molar-refractivity contribution is 6.36. The van der Waals surface area contributed by atoms with Gasteiger partial charge in [0.25, 0.3) is 0 Å². The van der Waals surface area contributed by atoms with Crippen LogP contribution >= 0.6 is 34.8 Å². The Morgan fingerprint density at radius 1 is 0.929 bits per heavy atom. The second-order valence-corrected chi connectivity index (χ2v) is 7.75. The quantitative estimate of drug-likeness (QED) is 0.772. The van der Waals surface area contributed by atoms with Crippen LogP contribution in [0.3, 0.4) is 0 Å². The summed E-state index contributed by atoms with van der Waals surface area (Å²) in [5.74, 6) is -0.398. The molecule has 2 aromatic rings. The van der Waals surface area contributed by atoms with E-state index >= 15 is 0 Å². The van der Waals surface area contributed by atoms with Gasteiger partial charge in [0.1, 0.15) is 0 Å². The molecule has 5 nitrogen and oxygen atoms in total. The van der Waals surface area contributed by atoms with Crippen molar-refractivity contribution in [2.75, 3.05) is 37.6 Å². The maximum absolute atomic E-state index is 12.4. The smallest absolute Gasteiger partial charge is 0.242 e. The fraction of sp³-hybridized carbons (Fsp3) is 0.300. The van der Waals surface area contributed by atoms with Crippen LogP contribution in [0, 0.1) is 0 Å². The van der Waals surface area contributed by atoms with Crippen molar-refractivity contribution in [3.63, 3.8) is 0 Å². The fourth-order valence-corrected chi connectivity index (χ4v) is 3.81. The number of carbonyl (C=O) groups is 2. The van der Waals surface area contributed by atoms with Crippen LogP contribution in [0.1, 0.15) is 5.56 Å². The van der Waals surface area contributed by atoms with Crippen molar-refractivity contribution in [2.24, 2.45) is 0 Å². The van der Waals surface area contributed by atoms with E-state index in [1.54, 1.807) is 23.1 Å². The van der Waals surface area contributed by atoms with Crippen molar-refractivity contribution in [2.45, 2.75) is 6.42 Å². The molecule has 3 rings (SSSR count). The zero-order chi connectivity index (χ0) is 20.1. The summed E-state index contributed by atoms with van der Waals surface area (Å²) in [5.41, 5.74) is 1.61. The summed E-state index contributed by atoms with van der Waals surface area (Å²) in [6.45, 7) is 2.58. The maximum Gasteiger partial charge on any atom is 0.242 e. The Balaban J connectivity index is 1.46. The molecule has 1 aliphatic rings. The molecule has 2 amide bonds. The molecule has 0 bridgehead atoms. The molecule has 1 aliphatic heterocycles. The highest BCUT2D eigenvalue weighted by Crippen LogP contribution is 2.24. The third-order valence-corrected chi connectivity index (χ3v) is 5.58. The number of carbonyl (C=O) groups excluding carboxylic acids is 2. The maximum atomic E-state index is 12.4. The van der Waals surface area contributed by atoms with E-state index in [0.717, 1.165) is 18.8 Å². The minimum atomic E-state index is -0.291. The monoisotopic (exact) mass is 439 g/mol. The molecule has 0 aromatic heterocycles. The van der Waals surface area contributed by atoms with Gasteiger partial charge in [-0.1, -0.05) is 46.9 Å². The van der Waals surface area contributed by atoms with Gasteiger partial charge in [-0.15, -0.1) is 0 Å². The summed E-state index contributed by atoms with van der Waals surface area (Å²) in [6.07, 6.45) is 0.0360. The molecule has 1 fully saturated rings. The summed E-state index contributed by atoms with van der Waals surface area (Å²) in [7, 11) is 0. The first-order valence-electron chi connectivity index (χ1n) is 8.92. The average Bonchev–Trinajstić information content (AvgIpc) is 2.69. The lowest BCUT2D eigenvalue weighted by atomic mass is 10.1. The number of anilines is 1. The van der Waals surface area contributed by atoms with Crippen LogP contribution in [0.4, 0.5) is 5.69 Å². The Bertz CT molecular complexity index is 847. The fourth-order valence-electron chi connectivity index (χ4n) is 3.10. The number of nitrogens with one attached hydrogen (secondary N) is 1. The van der Waals surface area contributed by atoms with Gasteiger partial charge in [0.05, 0.1) is 13.0 Å². The lowest BCUT2D eigenvalue weighted by Crippen LogP contribution is -2.51. The van der Waals surface area contributed by atoms with Crippen molar-refractivity contribution in [1.29, 1.82) is 0 Å². The van der Waals surface area contributed by atoms with Gasteiger partial charge in [0.2, 0.25) is 11.8 Å². The Kier molecular flexibility index (Phi) is 7.05. The number of benzene rings is 2. The van der Waals surface area contributed by atoms with Gasteiger partial charge >= 0.3 is 0 Å². The molecular formula is C20H20Cl3N3O2. The van der Waals surface area contributed by atoms with E-state index in [2.05, 4.69) is 10.2 Å². The zero-order valence-electron chi connectivity index (χ0n) is 15.1. The number of rotatable bonds is 5. The largest absolute Gasteiger partial charge is 0.368 e. The van der Waals surface area contributed by atoms with Gasteiger partial charge in [-0.2, -0.15) is 0 Å². The van der Waals surface area contributed by atoms with E-state index in [9.17, 15) is 9.59 Å². The van der Waals surface area contributed by atoms with Crippen LogP contribution in [0.2, 0.25) is 15.1 Å². The van der Waals surface area contributed by atoms with Gasteiger partial charge in [-0.25, -0.2) is 0 Å². The molecule has 148 valence electrons. The molecule has 0 saturated carbocycles. The predicted octanol–water partition coefficient (Wildman–Crippen LogP) is 3.65. The number of hydrogen-bond acceptors (Lipinski definition) is 3. The lowest BCUT2D eigenvalue weighted by molar-refractivity contribution is -0.133. The molecule has 28 heavy (non-hydrogen) atoms. The van der Waals surface area contributed by atoms with E-state index in [1.165, 1.54) is 0 Å². The Hall–Kier alpha value is -1.95. The SMILES string of the molecule is O=C(Cc1c(Cl)cccc1Cl)NCC(=O)N1CCN(c2cccc(Cl)c2)CC1. The predicted molar refractivity (Wildman–Crippen MR) is 113 cm³/mol. The van der Waals surface area contributed by atoms with Gasteiger partial charge in [0, 0.05) is 46.9 Å². The molecule has 0 unspecified atom stereocenters. The molecule has 2 aromatic carbocycles. The van der Waals surface area contributed by atoms with Crippen molar-refractivity contribution in [1.82, 2.24) is 10.2 Å². The average molecular weight is 441 g/mol. The van der Waals surface area contributed by atoms with Crippen LogP contribution in [-0.4, -0.2) is 49.4 Å². The van der Waals surface area contributed by atoms with Crippen LogP contribution in [0.25, 0.3) is 0 Å². The highest BCUT2D eigenvalue weighted by atomic mass is 35.5. The van der Waals surface area contributed by atoms with E-state index < -0.39 is 0 Å². The molecule has 8 heteroatoms. The standard InChI is InChI=1S/C20H20Cl3N3O2/c21-14-3-1-4-15(11-14)25-7-9-26(10-8-25)20(28)13-24-19(27)12-16-17(22)5-2-6-18(16)23/h1-6,11H,7-10,12-13H2,(H,24,27). The van der Waals surface area contributed by atoms with Crippen molar-refractivity contribution in [3.8, 4) is 0 Å². The van der Waals surface area contributed by atoms with E-state index in [0.29, 0.717) is 33.7 Å². The topological polar surface area (TPSA) is 52.7 Å². The zero-order valence-corrected chi connectivity index (χ0v) is 17.4. The Morgan fingerprint density at radius 2 is 1.57 bits per heavy atom. The van der Waals surface area contributed by atoms with Crippen molar-refractivity contribution < 1.29 is 9.59 Å². The third kappa shape index (κ3) is 5.31. The van der Waals surface area contributed by atoms with Crippen molar-refractivity contribution in [3.05, 3.63) is 63.1 Å². The Labute approximate surface area is 179 Å². The van der Waals surface area contributed by atoms with Crippen LogP contribution in [0.15, 0.2) is 42.5 Å². The van der Waals surface area contributed by atoms with Crippen LogP contribution in [0.5, 0.6) is 0 Å². The normalized spacial score (nSPS) is 14.1. The van der Waals surface area contributed by atoms with Crippen LogP contribution < -0.4 is 10.2 Å². The van der Waals surface area contributed by atoms with E-state index in [1.807, 2.05) is 24.3 Å². The first kappa shape index (κ1) is 20.8. The highest BCUT2D eigenvalue weighted by Gasteiger charge is 2.22. The van der Waals surface area contributed by atoms with Crippen molar-refractivity contribution >= 4 is 52.3 Å². The summed E-state index contributed by atoms with van der Waals surface area (Å²) in [4.78, 5) is 28.5. The van der Waals surface area contributed by atoms with E-state index in [4.69, 9.17) is 34.8 Å². The Morgan fingerprint density at radius 3 is 2.21 bits per heavy atom. The molecule has 0 atom stereocenters. The second kappa shape index (κ2) is 9.50. The summed E-state index contributed by atoms with van der Waals surface area (Å²) in [6, 6.07) is 12.8. The minimum Gasteiger partial charge on any atom is -0.368 e. The second-order valence-electron chi connectivity index (χ2n) is 6.50. The number of nitrogens with zero attached hydrogens (tertiary/aromatic N) is 2. The van der Waals surface area contributed by atoms with Gasteiger partial charge in [0.15, 0.2) is 0 Å².